The zero-order chi connectivity index (χ0) is 42.5. The molecule has 1 atom stereocenters. The first-order chi connectivity index (χ1) is 28.3. The summed E-state index contributed by atoms with van der Waals surface area (Å²) in [6.45, 7) is 3.57. The van der Waals surface area contributed by atoms with Crippen molar-refractivity contribution in [2.45, 2.75) is 213 Å². The van der Waals surface area contributed by atoms with Crippen LogP contribution in [0.2, 0.25) is 0 Å². The SMILES string of the molecule is CCC/C=C/C/C=C/C/C=C/C/C=C/CCCCCC(=O)OC[C@H](COP(=O)(O)O)OC(=O)CCC/C=C/CC/C=C/CCCCCCCCCCCCCCCC. The van der Waals surface area contributed by atoms with Gasteiger partial charge in [-0.1, -0.05) is 183 Å². The molecule has 0 spiro atoms. The summed E-state index contributed by atoms with van der Waals surface area (Å²) in [5, 5.41) is 0. The Bertz CT molecular complexity index is 1170. The van der Waals surface area contributed by atoms with Crippen LogP contribution in [-0.4, -0.2) is 41.0 Å². The lowest BCUT2D eigenvalue weighted by Crippen LogP contribution is -2.29. The van der Waals surface area contributed by atoms with E-state index in [0.717, 1.165) is 70.6 Å². The normalized spacial score (nSPS) is 13.1. The molecule has 0 unspecified atom stereocenters. The van der Waals surface area contributed by atoms with Crippen LogP contribution in [0.5, 0.6) is 0 Å². The summed E-state index contributed by atoms with van der Waals surface area (Å²) >= 11 is 0. The second-order valence-corrected chi connectivity index (χ2v) is 16.6. The number of ether oxygens (including phenoxy) is 2. The van der Waals surface area contributed by atoms with Crippen molar-refractivity contribution < 1.29 is 37.9 Å². The first-order valence-corrected chi connectivity index (χ1v) is 24.8. The van der Waals surface area contributed by atoms with E-state index in [-0.39, 0.29) is 19.4 Å². The zero-order valence-corrected chi connectivity index (χ0v) is 37.8. The smallest absolute Gasteiger partial charge is 0.462 e. The van der Waals surface area contributed by atoms with Gasteiger partial charge in [0.1, 0.15) is 6.61 Å². The number of unbranched alkanes of at least 4 members (excludes halogenated alkanes) is 20. The second-order valence-electron chi connectivity index (χ2n) is 15.4. The molecule has 0 aromatic rings. The van der Waals surface area contributed by atoms with Gasteiger partial charge in [-0.05, 0) is 83.5 Å². The third kappa shape index (κ3) is 46.2. The van der Waals surface area contributed by atoms with Crippen LogP contribution in [-0.2, 0) is 28.2 Å². The maximum absolute atomic E-state index is 12.4. The molecular weight excluding hydrogens is 748 g/mol. The Kier molecular flexibility index (Phi) is 42.1. The molecule has 0 saturated heterocycles. The van der Waals surface area contributed by atoms with Crippen molar-refractivity contribution in [3.05, 3.63) is 72.9 Å². The highest BCUT2D eigenvalue weighted by molar-refractivity contribution is 7.46. The quantitative estimate of drug-likeness (QED) is 0.0270. The summed E-state index contributed by atoms with van der Waals surface area (Å²) in [6, 6.07) is 0. The number of esters is 2. The van der Waals surface area contributed by atoms with Gasteiger partial charge >= 0.3 is 19.8 Å². The van der Waals surface area contributed by atoms with E-state index in [9.17, 15) is 14.2 Å². The van der Waals surface area contributed by atoms with Gasteiger partial charge < -0.3 is 19.3 Å². The van der Waals surface area contributed by atoms with Crippen molar-refractivity contribution in [2.24, 2.45) is 0 Å². The Morgan fingerprint density at radius 2 is 0.845 bits per heavy atom. The first-order valence-electron chi connectivity index (χ1n) is 23.2. The molecule has 0 aromatic carbocycles. The number of rotatable bonds is 42. The summed E-state index contributed by atoms with van der Waals surface area (Å²) in [5.74, 6) is -0.972. The number of allylic oxidation sites excluding steroid dienone is 12. The summed E-state index contributed by atoms with van der Waals surface area (Å²) < 4.78 is 26.4. The predicted octanol–water partition coefficient (Wildman–Crippen LogP) is 14.6. The van der Waals surface area contributed by atoms with Gasteiger partial charge in [0.2, 0.25) is 0 Å². The predicted molar refractivity (Wildman–Crippen MR) is 244 cm³/mol. The molecular formula is C49H85O8P. The molecule has 9 heteroatoms. The molecule has 0 aliphatic carbocycles. The number of phosphoric ester groups is 1. The van der Waals surface area contributed by atoms with Gasteiger partial charge in [0.05, 0.1) is 6.61 Å². The Labute approximate surface area is 355 Å². The van der Waals surface area contributed by atoms with E-state index in [2.05, 4.69) is 91.3 Å². The lowest BCUT2D eigenvalue weighted by molar-refractivity contribution is -0.161. The van der Waals surface area contributed by atoms with Crippen molar-refractivity contribution in [1.82, 2.24) is 0 Å². The van der Waals surface area contributed by atoms with Crippen LogP contribution in [0.3, 0.4) is 0 Å². The number of hydrogen-bond donors (Lipinski definition) is 2. The van der Waals surface area contributed by atoms with Crippen LogP contribution in [0, 0.1) is 0 Å². The number of hydrogen-bond acceptors (Lipinski definition) is 6. The van der Waals surface area contributed by atoms with E-state index in [4.69, 9.17) is 19.3 Å². The van der Waals surface area contributed by atoms with Gasteiger partial charge in [-0.3, -0.25) is 14.1 Å². The molecule has 0 bridgehead atoms. The largest absolute Gasteiger partial charge is 0.469 e. The van der Waals surface area contributed by atoms with Gasteiger partial charge in [0.25, 0.3) is 0 Å². The highest BCUT2D eigenvalue weighted by Crippen LogP contribution is 2.36. The van der Waals surface area contributed by atoms with Crippen LogP contribution in [0.4, 0.5) is 0 Å². The highest BCUT2D eigenvalue weighted by Gasteiger charge is 2.22. The minimum atomic E-state index is -4.78. The molecule has 334 valence electrons. The third-order valence-corrected chi connectivity index (χ3v) is 10.1. The average Bonchev–Trinajstić information content (AvgIpc) is 3.20. The first kappa shape index (κ1) is 55.5. The molecule has 0 heterocycles. The molecule has 2 N–H and O–H groups in total. The molecule has 0 aliphatic heterocycles. The summed E-state index contributed by atoms with van der Waals surface area (Å²) in [5.41, 5.74) is 0. The van der Waals surface area contributed by atoms with E-state index in [0.29, 0.717) is 12.8 Å². The van der Waals surface area contributed by atoms with E-state index in [1.807, 2.05) is 0 Å². The van der Waals surface area contributed by atoms with Gasteiger partial charge in [-0.25, -0.2) is 4.57 Å². The van der Waals surface area contributed by atoms with Crippen LogP contribution in [0.15, 0.2) is 72.9 Å². The highest BCUT2D eigenvalue weighted by atomic mass is 31.2. The second kappa shape index (κ2) is 44.1. The third-order valence-electron chi connectivity index (χ3n) is 9.66. The van der Waals surface area contributed by atoms with Crippen LogP contribution in [0.25, 0.3) is 0 Å². The molecule has 0 radical (unpaired) electrons. The van der Waals surface area contributed by atoms with Gasteiger partial charge in [0, 0.05) is 12.8 Å². The van der Waals surface area contributed by atoms with E-state index in [1.54, 1.807) is 0 Å². The minimum Gasteiger partial charge on any atom is -0.462 e. The molecule has 0 saturated carbocycles. The zero-order valence-electron chi connectivity index (χ0n) is 36.9. The summed E-state index contributed by atoms with van der Waals surface area (Å²) in [6.07, 6.45) is 57.9. The monoisotopic (exact) mass is 833 g/mol. The lowest BCUT2D eigenvalue weighted by atomic mass is 10.0. The van der Waals surface area contributed by atoms with Crippen molar-refractivity contribution >= 4 is 19.8 Å². The molecule has 8 nitrogen and oxygen atoms in total. The number of phosphoric acid groups is 1. The van der Waals surface area contributed by atoms with Crippen molar-refractivity contribution in [3.8, 4) is 0 Å². The molecule has 0 aromatic heterocycles. The fourth-order valence-corrected chi connectivity index (χ4v) is 6.57. The Hall–Kier alpha value is -2.51. The standard InChI is InChI=1S/C49H85O8P/c1-3-5-7-9-11-13-15-17-19-21-22-23-24-25-26-28-30-32-34-36-38-40-42-44-49(51)57-47(46-56-58(52,53)54)45-55-48(50)43-41-39-37-35-33-31-29-27-20-18-16-14-12-10-8-6-4-2/h8,10,14,16,20,27-28,30-31,33,36,38,47H,3-7,9,11-13,15,17-19,21-26,29,32,34-35,37,39-46H2,1-2H3,(H2,52,53,54)/b10-8+,16-14+,27-20+,30-28+,33-31+,38-36+/t47-/m1/s1. The summed E-state index contributed by atoms with van der Waals surface area (Å²) in [7, 11) is -4.78. The fraction of sp³-hybridized carbons (Fsp3) is 0.714. The van der Waals surface area contributed by atoms with Gasteiger partial charge in [-0.2, -0.15) is 0 Å². The van der Waals surface area contributed by atoms with Crippen LogP contribution in [0.1, 0.15) is 206 Å². The lowest BCUT2D eigenvalue weighted by Gasteiger charge is -2.18. The molecule has 0 rings (SSSR count). The summed E-state index contributed by atoms with van der Waals surface area (Å²) in [4.78, 5) is 42.9. The Balaban J connectivity index is 3.97. The average molecular weight is 833 g/mol. The van der Waals surface area contributed by atoms with Crippen LogP contribution >= 0.6 is 7.82 Å². The number of carbonyl (C=O) groups excluding carboxylic acids is 2. The van der Waals surface area contributed by atoms with Gasteiger partial charge in [0.15, 0.2) is 6.10 Å². The minimum absolute atomic E-state index is 0.142. The van der Waals surface area contributed by atoms with Crippen molar-refractivity contribution in [1.29, 1.82) is 0 Å². The maximum atomic E-state index is 12.4. The van der Waals surface area contributed by atoms with Crippen molar-refractivity contribution in [2.75, 3.05) is 13.2 Å². The fourth-order valence-electron chi connectivity index (χ4n) is 6.21. The Morgan fingerprint density at radius 3 is 1.34 bits per heavy atom. The molecule has 0 aliphatic rings. The number of carbonyl (C=O) groups is 2. The van der Waals surface area contributed by atoms with Gasteiger partial charge in [-0.15, -0.1) is 0 Å². The maximum Gasteiger partial charge on any atom is 0.469 e. The van der Waals surface area contributed by atoms with E-state index < -0.39 is 32.5 Å². The van der Waals surface area contributed by atoms with Crippen molar-refractivity contribution in [3.63, 3.8) is 0 Å². The molecule has 58 heavy (non-hydrogen) atoms. The molecule has 0 fully saturated rings. The Morgan fingerprint density at radius 1 is 0.448 bits per heavy atom. The van der Waals surface area contributed by atoms with E-state index >= 15 is 0 Å². The topological polar surface area (TPSA) is 119 Å². The molecule has 0 amide bonds. The van der Waals surface area contributed by atoms with Crippen LogP contribution < -0.4 is 0 Å². The van der Waals surface area contributed by atoms with E-state index in [1.165, 1.54) is 96.3 Å².